The third-order valence-electron chi connectivity index (χ3n) is 2.18. The molecule has 0 saturated heterocycles. The molecule has 0 bridgehead atoms. The van der Waals surface area contributed by atoms with Gasteiger partial charge in [0.1, 0.15) is 5.70 Å². The topological polar surface area (TPSA) is 38.3 Å². The van der Waals surface area contributed by atoms with Crippen LogP contribution in [0, 0.1) is 6.92 Å². The van der Waals surface area contributed by atoms with Crippen LogP contribution < -0.4 is 5.32 Å². The maximum absolute atomic E-state index is 12.7. The number of alkyl halides is 3. The molecule has 0 saturated carbocycles. The highest BCUT2D eigenvalue weighted by molar-refractivity contribution is 5.83. The Morgan fingerprint density at radius 3 is 2.37 bits per heavy atom. The van der Waals surface area contributed by atoms with E-state index in [-0.39, 0.29) is 12.3 Å². The van der Waals surface area contributed by atoms with Gasteiger partial charge in [0, 0.05) is 5.69 Å². The molecule has 0 spiro atoms. The molecule has 0 atom stereocenters. The quantitative estimate of drug-likeness (QED) is 0.674. The van der Waals surface area contributed by atoms with Crippen molar-refractivity contribution in [3.05, 3.63) is 41.6 Å². The van der Waals surface area contributed by atoms with Crippen LogP contribution in [-0.2, 0) is 9.53 Å². The van der Waals surface area contributed by atoms with E-state index in [4.69, 9.17) is 0 Å². The minimum atomic E-state index is -4.66. The van der Waals surface area contributed by atoms with E-state index in [1.54, 1.807) is 12.1 Å². The second-order valence-electron chi connectivity index (χ2n) is 3.80. The van der Waals surface area contributed by atoms with Gasteiger partial charge in [-0.05, 0) is 26.0 Å². The maximum atomic E-state index is 12.7. The van der Waals surface area contributed by atoms with Crippen LogP contribution in [0.1, 0.15) is 12.5 Å². The van der Waals surface area contributed by atoms with Gasteiger partial charge in [0.15, 0.2) is 0 Å². The van der Waals surface area contributed by atoms with Crippen LogP contribution in [0.4, 0.5) is 18.9 Å². The summed E-state index contributed by atoms with van der Waals surface area (Å²) < 4.78 is 42.7. The number of carbonyl (C=O) groups is 1. The molecular formula is C13H14F3NO2. The lowest BCUT2D eigenvalue weighted by atomic mass is 10.2. The van der Waals surface area contributed by atoms with Crippen LogP contribution in [-0.4, -0.2) is 18.8 Å². The standard InChI is InChI=1S/C13H14F3NO2/c1-3-19-12(18)8-11(13(14,15)16)17-10-6-4-9(2)5-7-10/h4-8,17H,3H2,1-2H3/b11-8+. The molecule has 1 N–H and O–H groups in total. The number of carbonyl (C=O) groups excluding carboxylic acids is 1. The van der Waals surface area contributed by atoms with Crippen molar-refractivity contribution in [2.45, 2.75) is 20.0 Å². The summed E-state index contributed by atoms with van der Waals surface area (Å²) in [6, 6.07) is 6.33. The van der Waals surface area contributed by atoms with E-state index in [9.17, 15) is 18.0 Å². The summed E-state index contributed by atoms with van der Waals surface area (Å²) in [5.41, 5.74) is 0.0155. The number of esters is 1. The summed E-state index contributed by atoms with van der Waals surface area (Å²) in [7, 11) is 0. The molecule has 0 amide bonds. The lowest BCUT2D eigenvalue weighted by Crippen LogP contribution is -2.21. The molecule has 0 aliphatic rings. The van der Waals surface area contributed by atoms with Crippen LogP contribution in [0.2, 0.25) is 0 Å². The van der Waals surface area contributed by atoms with Gasteiger partial charge in [-0.1, -0.05) is 17.7 Å². The number of ether oxygens (including phenoxy) is 1. The van der Waals surface area contributed by atoms with Crippen molar-refractivity contribution in [1.29, 1.82) is 0 Å². The van der Waals surface area contributed by atoms with E-state index < -0.39 is 17.8 Å². The molecule has 0 fully saturated rings. The highest BCUT2D eigenvalue weighted by atomic mass is 19.4. The molecule has 0 aliphatic carbocycles. The normalized spacial score (nSPS) is 12.2. The summed E-state index contributed by atoms with van der Waals surface area (Å²) >= 11 is 0. The van der Waals surface area contributed by atoms with Crippen molar-refractivity contribution in [2.75, 3.05) is 11.9 Å². The Kier molecular flexibility index (Phi) is 4.97. The second-order valence-corrected chi connectivity index (χ2v) is 3.80. The molecule has 0 aromatic heterocycles. The molecule has 0 heterocycles. The summed E-state index contributed by atoms with van der Waals surface area (Å²) in [5, 5.41) is 2.17. The number of allylic oxidation sites excluding steroid dienone is 1. The van der Waals surface area contributed by atoms with Crippen LogP contribution in [0.25, 0.3) is 0 Å². The zero-order chi connectivity index (χ0) is 14.5. The largest absolute Gasteiger partial charge is 0.463 e. The molecule has 0 aliphatic heterocycles. The van der Waals surface area contributed by atoms with Crippen molar-refractivity contribution in [3.63, 3.8) is 0 Å². The minimum Gasteiger partial charge on any atom is -0.463 e. The fourth-order valence-electron chi connectivity index (χ4n) is 1.28. The average molecular weight is 273 g/mol. The number of halogens is 3. The van der Waals surface area contributed by atoms with Gasteiger partial charge in [0.05, 0.1) is 12.7 Å². The lowest BCUT2D eigenvalue weighted by molar-refractivity contribution is -0.138. The Morgan fingerprint density at radius 2 is 1.89 bits per heavy atom. The smallest absolute Gasteiger partial charge is 0.431 e. The molecule has 6 heteroatoms. The van der Waals surface area contributed by atoms with Crippen molar-refractivity contribution in [3.8, 4) is 0 Å². The van der Waals surface area contributed by atoms with E-state index in [0.29, 0.717) is 6.08 Å². The summed E-state index contributed by atoms with van der Waals surface area (Å²) in [6.45, 7) is 3.36. The predicted octanol–water partition coefficient (Wildman–Crippen LogP) is 3.42. The molecule has 0 radical (unpaired) electrons. The number of aryl methyl sites for hydroxylation is 1. The fourth-order valence-corrected chi connectivity index (χ4v) is 1.28. The Morgan fingerprint density at radius 1 is 1.32 bits per heavy atom. The summed E-state index contributed by atoms with van der Waals surface area (Å²) in [4.78, 5) is 11.1. The highest BCUT2D eigenvalue weighted by Gasteiger charge is 2.34. The van der Waals surface area contributed by atoms with Gasteiger partial charge in [0.2, 0.25) is 0 Å². The van der Waals surface area contributed by atoms with E-state index in [2.05, 4.69) is 10.1 Å². The zero-order valence-corrected chi connectivity index (χ0v) is 10.5. The van der Waals surface area contributed by atoms with Crippen molar-refractivity contribution in [1.82, 2.24) is 0 Å². The first-order valence-corrected chi connectivity index (χ1v) is 5.62. The second kappa shape index (κ2) is 6.26. The Labute approximate surface area is 109 Å². The first-order chi connectivity index (χ1) is 8.82. The highest BCUT2D eigenvalue weighted by Crippen LogP contribution is 2.27. The van der Waals surface area contributed by atoms with Crippen LogP contribution in [0.15, 0.2) is 36.0 Å². The molecule has 0 unspecified atom stereocenters. The number of nitrogens with one attached hydrogen (secondary N) is 1. The first kappa shape index (κ1) is 15.1. The molecule has 1 aromatic carbocycles. The Bertz CT molecular complexity index is 464. The maximum Gasteiger partial charge on any atom is 0.431 e. The van der Waals surface area contributed by atoms with Crippen LogP contribution >= 0.6 is 0 Å². The van der Waals surface area contributed by atoms with Gasteiger partial charge >= 0.3 is 12.1 Å². The monoisotopic (exact) mass is 273 g/mol. The number of rotatable bonds is 4. The number of hydrogen-bond donors (Lipinski definition) is 1. The lowest BCUT2D eigenvalue weighted by Gasteiger charge is -2.14. The van der Waals surface area contributed by atoms with E-state index in [1.807, 2.05) is 6.92 Å². The zero-order valence-electron chi connectivity index (χ0n) is 10.5. The molecule has 1 rings (SSSR count). The third-order valence-corrected chi connectivity index (χ3v) is 2.18. The average Bonchev–Trinajstić information content (AvgIpc) is 2.30. The molecule has 104 valence electrons. The van der Waals surface area contributed by atoms with Crippen LogP contribution in [0.5, 0.6) is 0 Å². The van der Waals surface area contributed by atoms with E-state index >= 15 is 0 Å². The third kappa shape index (κ3) is 5.03. The van der Waals surface area contributed by atoms with Crippen molar-refractivity contribution in [2.24, 2.45) is 0 Å². The van der Waals surface area contributed by atoms with Gasteiger partial charge < -0.3 is 10.1 Å². The van der Waals surface area contributed by atoms with Crippen molar-refractivity contribution >= 4 is 11.7 Å². The SMILES string of the molecule is CCOC(=O)/C=C(/Nc1ccc(C)cc1)C(F)(F)F. The van der Waals surface area contributed by atoms with Gasteiger partial charge in [-0.25, -0.2) is 4.79 Å². The van der Waals surface area contributed by atoms with Gasteiger partial charge in [0.25, 0.3) is 0 Å². The fraction of sp³-hybridized carbons (Fsp3) is 0.308. The minimum absolute atomic E-state index is 0.0189. The van der Waals surface area contributed by atoms with Crippen LogP contribution in [0.3, 0.4) is 0 Å². The Balaban J connectivity index is 2.93. The number of hydrogen-bond acceptors (Lipinski definition) is 3. The number of benzene rings is 1. The van der Waals surface area contributed by atoms with E-state index in [0.717, 1.165) is 5.56 Å². The molecule has 1 aromatic rings. The van der Waals surface area contributed by atoms with Gasteiger partial charge in [-0.3, -0.25) is 0 Å². The molecule has 19 heavy (non-hydrogen) atoms. The van der Waals surface area contributed by atoms with Gasteiger partial charge in [-0.15, -0.1) is 0 Å². The summed E-state index contributed by atoms with van der Waals surface area (Å²) in [5.74, 6) is -1.03. The Hall–Kier alpha value is -1.98. The predicted molar refractivity (Wildman–Crippen MR) is 65.6 cm³/mol. The van der Waals surface area contributed by atoms with E-state index in [1.165, 1.54) is 19.1 Å². The summed E-state index contributed by atoms with van der Waals surface area (Å²) in [6.07, 6.45) is -4.25. The van der Waals surface area contributed by atoms with Crippen molar-refractivity contribution < 1.29 is 22.7 Å². The van der Waals surface area contributed by atoms with Gasteiger partial charge in [-0.2, -0.15) is 13.2 Å². The molecular weight excluding hydrogens is 259 g/mol. The first-order valence-electron chi connectivity index (χ1n) is 5.62. The number of anilines is 1. The molecule has 3 nitrogen and oxygen atoms in total.